The van der Waals surface area contributed by atoms with Gasteiger partial charge in [0.05, 0.1) is 13.2 Å². The van der Waals surface area contributed by atoms with Gasteiger partial charge in [0.25, 0.3) is 0 Å². The fraction of sp³-hybridized carbons (Fsp3) is 0.200. The summed E-state index contributed by atoms with van der Waals surface area (Å²) in [6.45, 7) is 0. The smallest absolute Gasteiger partial charge is 0.124 e. The molecule has 0 aliphatic heterocycles. The Kier molecular flexibility index (Phi) is 4.24. The Morgan fingerprint density at radius 3 is 2.67 bits per heavy atom. The molecule has 0 saturated heterocycles. The molecule has 0 aliphatic carbocycles. The minimum atomic E-state index is -0.598. The maximum Gasteiger partial charge on any atom is 0.124 e. The normalized spacial score (nSPS) is 12.2. The van der Waals surface area contributed by atoms with Gasteiger partial charge in [-0.3, -0.25) is 0 Å². The van der Waals surface area contributed by atoms with Gasteiger partial charge in [-0.25, -0.2) is 0 Å². The van der Waals surface area contributed by atoms with Crippen LogP contribution in [0.3, 0.4) is 0 Å². The molecule has 0 spiro atoms. The van der Waals surface area contributed by atoms with Crippen LogP contribution in [0.5, 0.6) is 5.75 Å². The Bertz CT molecular complexity index is 525. The van der Waals surface area contributed by atoms with Gasteiger partial charge in [0, 0.05) is 17.0 Å². The third-order valence-corrected chi connectivity index (χ3v) is 3.05. The van der Waals surface area contributed by atoms with Crippen molar-refractivity contribution >= 4 is 11.6 Å². The number of ether oxygens (including phenoxy) is 1. The molecule has 0 fully saturated rings. The van der Waals surface area contributed by atoms with E-state index < -0.39 is 6.10 Å². The van der Waals surface area contributed by atoms with Crippen LogP contribution in [-0.4, -0.2) is 12.2 Å². The molecule has 0 amide bonds. The zero-order valence-corrected chi connectivity index (χ0v) is 10.9. The lowest BCUT2D eigenvalue weighted by Crippen LogP contribution is -2.04. The summed E-state index contributed by atoms with van der Waals surface area (Å²) in [6, 6.07) is 15.0. The van der Waals surface area contributed by atoms with E-state index in [1.54, 1.807) is 7.11 Å². The molecule has 94 valence electrons. The molecular weight excluding hydrogens is 248 g/mol. The number of methoxy groups -OCH3 is 1. The molecule has 1 N–H and O–H groups in total. The Morgan fingerprint density at radius 1 is 1.17 bits per heavy atom. The minimum Gasteiger partial charge on any atom is -0.496 e. The lowest BCUT2D eigenvalue weighted by atomic mass is 10.0. The van der Waals surface area contributed by atoms with Crippen LogP contribution < -0.4 is 4.74 Å². The average molecular weight is 263 g/mol. The molecule has 2 rings (SSSR count). The molecule has 1 atom stereocenters. The van der Waals surface area contributed by atoms with Crippen LogP contribution in [0, 0.1) is 0 Å². The minimum absolute atomic E-state index is 0.515. The van der Waals surface area contributed by atoms with Crippen LogP contribution >= 0.6 is 11.6 Å². The van der Waals surface area contributed by atoms with Crippen LogP contribution in [0.4, 0.5) is 0 Å². The van der Waals surface area contributed by atoms with E-state index in [9.17, 15) is 5.11 Å². The predicted octanol–water partition coefficient (Wildman–Crippen LogP) is 3.62. The van der Waals surface area contributed by atoms with E-state index in [-0.39, 0.29) is 0 Å². The fourth-order valence-corrected chi connectivity index (χ4v) is 2.15. The number of halogens is 1. The first-order valence-corrected chi connectivity index (χ1v) is 6.14. The third-order valence-electron chi connectivity index (χ3n) is 2.82. The van der Waals surface area contributed by atoms with Crippen LogP contribution in [-0.2, 0) is 6.42 Å². The second kappa shape index (κ2) is 5.89. The van der Waals surface area contributed by atoms with Crippen molar-refractivity contribution in [2.75, 3.05) is 7.11 Å². The molecule has 0 radical (unpaired) electrons. The van der Waals surface area contributed by atoms with Gasteiger partial charge in [-0.05, 0) is 23.8 Å². The van der Waals surface area contributed by atoms with E-state index in [1.165, 1.54) is 0 Å². The number of para-hydroxylation sites is 1. The first-order chi connectivity index (χ1) is 8.70. The molecule has 2 nitrogen and oxygen atoms in total. The van der Waals surface area contributed by atoms with Gasteiger partial charge in [-0.1, -0.05) is 41.9 Å². The van der Waals surface area contributed by atoms with Crippen molar-refractivity contribution in [1.82, 2.24) is 0 Å². The highest BCUT2D eigenvalue weighted by Crippen LogP contribution is 2.27. The van der Waals surface area contributed by atoms with Crippen molar-refractivity contribution in [3.8, 4) is 5.75 Å². The second-order valence-corrected chi connectivity index (χ2v) is 4.53. The summed E-state index contributed by atoms with van der Waals surface area (Å²) in [5.74, 6) is 0.701. The monoisotopic (exact) mass is 262 g/mol. The standard InChI is InChI=1S/C15H15ClO2/c1-18-15-8-3-2-7-13(15)14(17)10-11-5-4-6-12(16)9-11/h2-9,14,17H,10H2,1H3. The van der Waals surface area contributed by atoms with Gasteiger partial charge in [0.15, 0.2) is 0 Å². The molecule has 1 unspecified atom stereocenters. The molecule has 0 bridgehead atoms. The molecule has 3 heteroatoms. The second-order valence-electron chi connectivity index (χ2n) is 4.09. The molecule has 0 aromatic heterocycles. The van der Waals surface area contributed by atoms with Gasteiger partial charge >= 0.3 is 0 Å². The summed E-state index contributed by atoms with van der Waals surface area (Å²) in [4.78, 5) is 0. The van der Waals surface area contributed by atoms with Crippen LogP contribution in [0.2, 0.25) is 5.02 Å². The van der Waals surface area contributed by atoms with Crippen LogP contribution in [0.25, 0.3) is 0 Å². The van der Waals surface area contributed by atoms with E-state index in [0.717, 1.165) is 11.1 Å². The number of aliphatic hydroxyl groups excluding tert-OH is 1. The fourth-order valence-electron chi connectivity index (χ4n) is 1.94. The summed E-state index contributed by atoms with van der Waals surface area (Å²) in [5, 5.41) is 10.9. The third kappa shape index (κ3) is 3.03. The van der Waals surface area contributed by atoms with Crippen LogP contribution in [0.1, 0.15) is 17.2 Å². The highest BCUT2D eigenvalue weighted by molar-refractivity contribution is 6.30. The quantitative estimate of drug-likeness (QED) is 0.912. The number of benzene rings is 2. The Morgan fingerprint density at radius 2 is 1.94 bits per heavy atom. The van der Waals surface area contributed by atoms with Crippen molar-refractivity contribution in [2.45, 2.75) is 12.5 Å². The number of hydrogen-bond donors (Lipinski definition) is 1. The van der Waals surface area contributed by atoms with Crippen molar-refractivity contribution in [2.24, 2.45) is 0 Å². The SMILES string of the molecule is COc1ccccc1C(O)Cc1cccc(Cl)c1. The molecule has 0 aliphatic rings. The number of rotatable bonds is 4. The topological polar surface area (TPSA) is 29.5 Å². The van der Waals surface area contributed by atoms with Gasteiger partial charge in [-0.15, -0.1) is 0 Å². The summed E-state index contributed by atoms with van der Waals surface area (Å²) < 4.78 is 5.24. The van der Waals surface area contributed by atoms with E-state index in [2.05, 4.69) is 0 Å². The Balaban J connectivity index is 2.19. The zero-order chi connectivity index (χ0) is 13.0. The van der Waals surface area contributed by atoms with Crippen molar-refractivity contribution in [1.29, 1.82) is 0 Å². The molecule has 0 saturated carbocycles. The van der Waals surface area contributed by atoms with Crippen molar-refractivity contribution in [3.05, 3.63) is 64.7 Å². The lowest BCUT2D eigenvalue weighted by Gasteiger charge is -2.14. The first kappa shape index (κ1) is 12.9. The summed E-state index contributed by atoms with van der Waals surface area (Å²) >= 11 is 5.93. The van der Waals surface area contributed by atoms with Crippen molar-refractivity contribution < 1.29 is 9.84 Å². The molecule has 2 aromatic carbocycles. The number of aliphatic hydroxyl groups is 1. The molecule has 2 aromatic rings. The zero-order valence-electron chi connectivity index (χ0n) is 10.1. The highest BCUT2D eigenvalue weighted by atomic mass is 35.5. The maximum absolute atomic E-state index is 10.3. The first-order valence-electron chi connectivity index (χ1n) is 5.76. The number of hydrogen-bond acceptors (Lipinski definition) is 2. The van der Waals surface area contributed by atoms with E-state index in [0.29, 0.717) is 17.2 Å². The summed E-state index contributed by atoms with van der Waals surface area (Å²) in [7, 11) is 1.60. The molecular formula is C15H15ClO2. The van der Waals surface area contributed by atoms with E-state index in [1.807, 2.05) is 48.5 Å². The maximum atomic E-state index is 10.3. The lowest BCUT2D eigenvalue weighted by molar-refractivity contribution is 0.174. The van der Waals surface area contributed by atoms with E-state index in [4.69, 9.17) is 16.3 Å². The largest absolute Gasteiger partial charge is 0.496 e. The average Bonchev–Trinajstić information content (AvgIpc) is 2.38. The van der Waals surface area contributed by atoms with Gasteiger partial charge in [0.2, 0.25) is 0 Å². The predicted molar refractivity (Wildman–Crippen MR) is 73.1 cm³/mol. The summed E-state index contributed by atoms with van der Waals surface area (Å²) in [5.41, 5.74) is 1.79. The van der Waals surface area contributed by atoms with E-state index >= 15 is 0 Å². The van der Waals surface area contributed by atoms with Gasteiger partial charge in [0.1, 0.15) is 5.75 Å². The Labute approximate surface area is 112 Å². The Hall–Kier alpha value is -1.51. The van der Waals surface area contributed by atoms with Crippen LogP contribution in [0.15, 0.2) is 48.5 Å². The highest BCUT2D eigenvalue weighted by Gasteiger charge is 2.13. The van der Waals surface area contributed by atoms with Gasteiger partial charge in [-0.2, -0.15) is 0 Å². The van der Waals surface area contributed by atoms with Gasteiger partial charge < -0.3 is 9.84 Å². The van der Waals surface area contributed by atoms with Crippen molar-refractivity contribution in [3.63, 3.8) is 0 Å². The molecule has 0 heterocycles. The molecule has 18 heavy (non-hydrogen) atoms. The summed E-state index contributed by atoms with van der Waals surface area (Å²) in [6.07, 6.45) is -0.0828.